The van der Waals surface area contributed by atoms with Gasteiger partial charge in [0.1, 0.15) is 0 Å². The Hall–Kier alpha value is -8.35. The summed E-state index contributed by atoms with van der Waals surface area (Å²) < 4.78 is 0. The van der Waals surface area contributed by atoms with E-state index in [1.807, 2.05) is 12.3 Å². The second kappa shape index (κ2) is 16.3. The van der Waals surface area contributed by atoms with Crippen LogP contribution in [0.25, 0.3) is 22.4 Å². The average Bonchev–Trinajstić information content (AvgIpc) is 3.98. The van der Waals surface area contributed by atoms with Gasteiger partial charge in [-0.3, -0.25) is 4.98 Å². The highest BCUT2D eigenvalue weighted by Crippen LogP contribution is 2.79. The summed E-state index contributed by atoms with van der Waals surface area (Å²) in [4.78, 5) is 15.2. The van der Waals surface area contributed by atoms with Crippen LogP contribution in [0.1, 0.15) is 48.9 Å². The number of benzene rings is 8. The Bertz CT molecular complexity index is 3790. The molecule has 3 saturated carbocycles. The highest BCUT2D eigenvalue weighted by atomic mass is 15.2. The van der Waals surface area contributed by atoms with Crippen molar-refractivity contribution < 1.29 is 0 Å². The molecule has 1 spiro atoms. The van der Waals surface area contributed by atoms with E-state index in [2.05, 4.69) is 252 Å². The fourth-order valence-electron chi connectivity index (χ4n) is 16.1. The minimum Gasteiger partial charge on any atom is -0.370 e. The van der Waals surface area contributed by atoms with Crippen LogP contribution in [0.15, 0.2) is 231 Å². The first-order chi connectivity index (χ1) is 37.1. The van der Waals surface area contributed by atoms with E-state index in [4.69, 9.17) is 4.98 Å². The fraction of sp³-hybridized carbons (Fsp3) is 0.174. The lowest BCUT2D eigenvalue weighted by molar-refractivity contribution is -0.193. The number of hydrogen-bond acceptors (Lipinski definition) is 5. The second-order valence-corrected chi connectivity index (χ2v) is 22.4. The summed E-state index contributed by atoms with van der Waals surface area (Å²) in [5.41, 5.74) is 23.7. The molecule has 0 saturated heterocycles. The van der Waals surface area contributed by atoms with Crippen molar-refractivity contribution in [2.75, 3.05) is 21.7 Å². The molecule has 16 rings (SSSR count). The van der Waals surface area contributed by atoms with Crippen molar-refractivity contribution in [3.05, 3.63) is 248 Å². The molecule has 4 aliphatic carbocycles. The van der Waals surface area contributed by atoms with Gasteiger partial charge in [-0.25, -0.2) is 0 Å². The Labute approximate surface area is 440 Å². The first kappa shape index (κ1) is 43.1. The van der Waals surface area contributed by atoms with Crippen molar-refractivity contribution in [3.8, 4) is 22.4 Å². The van der Waals surface area contributed by atoms with Gasteiger partial charge in [-0.2, -0.15) is 0 Å². The van der Waals surface area contributed by atoms with E-state index in [-0.39, 0.29) is 18.2 Å². The molecule has 0 N–H and O–H groups in total. The van der Waals surface area contributed by atoms with Crippen LogP contribution < -0.4 is 31.1 Å². The lowest BCUT2D eigenvalue weighted by atomic mass is 9.30. The average molecular weight is 966 g/mol. The molecule has 0 amide bonds. The van der Waals surface area contributed by atoms with Crippen molar-refractivity contribution in [1.29, 1.82) is 0 Å². The van der Waals surface area contributed by atoms with Gasteiger partial charge in [-0.1, -0.05) is 153 Å². The van der Waals surface area contributed by atoms with Crippen LogP contribution in [0, 0.1) is 29.6 Å². The predicted octanol–water partition coefficient (Wildman–Crippen LogP) is 14.9. The monoisotopic (exact) mass is 965 g/mol. The molecule has 0 radical (unpaired) electrons. The number of fused-ring (bicyclic) bond motifs is 11. The van der Waals surface area contributed by atoms with Crippen LogP contribution in [0.4, 0.5) is 51.2 Å². The van der Waals surface area contributed by atoms with Crippen LogP contribution in [0.5, 0.6) is 0 Å². The van der Waals surface area contributed by atoms with Gasteiger partial charge in [0.2, 0.25) is 0 Å². The Morgan fingerprint density at radius 1 is 0.547 bits per heavy atom. The zero-order valence-corrected chi connectivity index (χ0v) is 42.3. The van der Waals surface area contributed by atoms with Gasteiger partial charge < -0.3 is 19.6 Å². The number of rotatable bonds is 7. The molecule has 7 unspecified atom stereocenters. The number of hydrogen-bond donors (Lipinski definition) is 0. The molecular weight excluding hydrogens is 910 g/mol. The Morgan fingerprint density at radius 3 is 1.89 bits per heavy atom. The third-order valence-electron chi connectivity index (χ3n) is 18.8. The van der Waals surface area contributed by atoms with E-state index in [1.54, 1.807) is 11.1 Å². The lowest BCUT2D eigenvalue weighted by Gasteiger charge is -2.73. The van der Waals surface area contributed by atoms with Crippen molar-refractivity contribution in [2.24, 2.45) is 29.6 Å². The fourth-order valence-corrected chi connectivity index (χ4v) is 16.1. The summed E-state index contributed by atoms with van der Waals surface area (Å²) in [6.07, 6.45) is 15.0. The highest BCUT2D eigenvalue weighted by Gasteiger charge is 2.73. The van der Waals surface area contributed by atoms with Crippen LogP contribution in [0.3, 0.4) is 0 Å². The van der Waals surface area contributed by atoms with Gasteiger partial charge in [0.05, 0.1) is 28.8 Å². The second-order valence-electron chi connectivity index (χ2n) is 22.4. The van der Waals surface area contributed by atoms with Crippen LogP contribution in [-0.2, 0) is 5.41 Å². The molecule has 4 heterocycles. The number of nitrogens with zero attached hydrogens (tertiary/aromatic N) is 5. The molecule has 6 heteroatoms. The molecule has 1 aromatic heterocycles. The predicted molar refractivity (Wildman–Crippen MR) is 310 cm³/mol. The van der Waals surface area contributed by atoms with Crippen molar-refractivity contribution in [1.82, 2.24) is 9.88 Å². The minimum absolute atomic E-state index is 0.00468. The van der Waals surface area contributed by atoms with E-state index >= 15 is 0 Å². The maximum atomic E-state index is 5.00. The van der Waals surface area contributed by atoms with Crippen molar-refractivity contribution in [2.45, 2.75) is 37.6 Å². The summed E-state index contributed by atoms with van der Waals surface area (Å²) in [6, 6.07) is 75.4. The number of allylic oxidation sites excluding steroid dienone is 2. The Kier molecular flexibility index (Phi) is 9.38. The van der Waals surface area contributed by atoms with Crippen molar-refractivity contribution >= 4 is 74.3 Å². The topological polar surface area (TPSA) is 25.9 Å². The third kappa shape index (κ3) is 5.94. The van der Waals surface area contributed by atoms with Crippen LogP contribution in [-0.4, -0.2) is 23.6 Å². The lowest BCUT2D eigenvalue weighted by Crippen LogP contribution is -2.70. The molecule has 360 valence electrons. The van der Waals surface area contributed by atoms with E-state index in [0.717, 1.165) is 57.4 Å². The zero-order valence-electron chi connectivity index (χ0n) is 42.3. The third-order valence-corrected chi connectivity index (χ3v) is 18.8. The maximum Gasteiger partial charge on any atom is 0.252 e. The van der Waals surface area contributed by atoms with E-state index in [0.29, 0.717) is 11.8 Å². The minimum atomic E-state index is -0.0464. The van der Waals surface area contributed by atoms with E-state index in [1.165, 1.54) is 75.1 Å². The molecule has 8 aromatic carbocycles. The number of aromatic nitrogens is 1. The van der Waals surface area contributed by atoms with Crippen LogP contribution in [0.2, 0.25) is 0 Å². The van der Waals surface area contributed by atoms with Crippen molar-refractivity contribution in [3.63, 3.8) is 0 Å². The number of anilines is 9. The summed E-state index contributed by atoms with van der Waals surface area (Å²) >= 11 is 0. The molecule has 5 nitrogen and oxygen atoms in total. The number of para-hydroxylation sites is 5. The quantitative estimate of drug-likeness (QED) is 0.148. The molecule has 3 aliphatic heterocycles. The molecular formula is C69H56BN5. The standard InChI is InChI=1S/C69H56BN5/c1-44-39-45-41-55-65(45)54(40-44)69(55)52-27-11-9-25-49(52)66-53(69)36-35-51(59-31-18-20-38-72(59)2)68(66)75-62-34-16-13-29-57(62)70-56-28-12-15-33-61(56)74(60-32-14-10-26-50(60)58-30-17-19-37-71-58)63-42-48(43-64(75)67(63)70)73(46-21-5-3-6-22-46)47-23-7-4-8-24-47/h3-38,42-45,54-55,59,65H,39-41H2,1-2H3. The molecule has 7 atom stereocenters. The van der Waals surface area contributed by atoms with Gasteiger partial charge in [-0.05, 0) is 161 Å². The molecule has 7 aliphatic rings. The van der Waals surface area contributed by atoms with E-state index in [9.17, 15) is 0 Å². The van der Waals surface area contributed by atoms with Gasteiger partial charge in [-0.15, -0.1) is 0 Å². The van der Waals surface area contributed by atoms with Gasteiger partial charge in [0, 0.05) is 69.5 Å². The highest BCUT2D eigenvalue weighted by molar-refractivity contribution is 7.00. The first-order valence-corrected chi connectivity index (χ1v) is 27.3. The summed E-state index contributed by atoms with van der Waals surface area (Å²) in [5.74, 6) is 3.74. The molecule has 9 aromatic rings. The summed E-state index contributed by atoms with van der Waals surface area (Å²) in [5, 5.41) is 0. The maximum absolute atomic E-state index is 5.00. The SMILES string of the molecule is CC1CC2CC3C2C(C1)C31c2ccccc2-c2c1ccc(C1C=CC=CN1C)c2N1c2ccccc2B2c3ccccc3N(c3ccccc3-c3ccccn3)c3cc(N(c4ccccc4)c4ccccc4)cc1c32. The number of pyridine rings is 1. The summed E-state index contributed by atoms with van der Waals surface area (Å²) in [7, 11) is 2.25. The largest absolute Gasteiger partial charge is 0.370 e. The summed E-state index contributed by atoms with van der Waals surface area (Å²) in [6.45, 7) is 2.49. The zero-order chi connectivity index (χ0) is 49.5. The normalized spacial score (nSPS) is 23.5. The van der Waals surface area contributed by atoms with Gasteiger partial charge >= 0.3 is 0 Å². The number of likely N-dealkylation sites (N-methyl/N-ethyl adjacent to an activating group) is 1. The van der Waals surface area contributed by atoms with Crippen LogP contribution >= 0.6 is 0 Å². The van der Waals surface area contributed by atoms with E-state index < -0.39 is 0 Å². The smallest absolute Gasteiger partial charge is 0.252 e. The Morgan fingerprint density at radius 2 is 1.17 bits per heavy atom. The van der Waals surface area contributed by atoms with Gasteiger partial charge in [0.15, 0.2) is 0 Å². The molecule has 75 heavy (non-hydrogen) atoms. The molecule has 0 bridgehead atoms. The van der Waals surface area contributed by atoms with Gasteiger partial charge in [0.25, 0.3) is 6.71 Å². The Balaban J connectivity index is 1.05. The first-order valence-electron chi connectivity index (χ1n) is 27.3. The molecule has 3 fully saturated rings.